The summed E-state index contributed by atoms with van der Waals surface area (Å²) in [7, 11) is 1.27. The molecular formula is C35H45FN2O8. The molecule has 0 N–H and O–H groups in total. The predicted molar refractivity (Wildman–Crippen MR) is 164 cm³/mol. The van der Waals surface area contributed by atoms with E-state index in [1.807, 2.05) is 20.8 Å². The van der Waals surface area contributed by atoms with Gasteiger partial charge in [-0.3, -0.25) is 24.1 Å². The Kier molecular flexibility index (Phi) is 9.61. The predicted octanol–water partition coefficient (Wildman–Crippen LogP) is 5.11. The van der Waals surface area contributed by atoms with E-state index >= 15 is 0 Å². The van der Waals surface area contributed by atoms with Gasteiger partial charge in [0, 0.05) is 24.9 Å². The van der Waals surface area contributed by atoms with Gasteiger partial charge in [0.05, 0.1) is 44.0 Å². The highest BCUT2D eigenvalue weighted by Gasteiger charge is 2.61. The van der Waals surface area contributed by atoms with Crippen molar-refractivity contribution >= 4 is 29.7 Å². The van der Waals surface area contributed by atoms with E-state index in [-0.39, 0.29) is 56.7 Å². The summed E-state index contributed by atoms with van der Waals surface area (Å²) in [5.74, 6) is -3.15. The van der Waals surface area contributed by atoms with Crippen molar-refractivity contribution in [2.24, 2.45) is 22.7 Å². The van der Waals surface area contributed by atoms with Crippen molar-refractivity contribution in [3.8, 4) is 0 Å². The molecule has 5 atom stereocenters. The lowest BCUT2D eigenvalue weighted by atomic mass is 9.77. The summed E-state index contributed by atoms with van der Waals surface area (Å²) in [5.41, 5.74) is -0.573. The van der Waals surface area contributed by atoms with E-state index in [4.69, 9.17) is 14.2 Å². The summed E-state index contributed by atoms with van der Waals surface area (Å²) in [6.45, 7) is 9.54. The van der Waals surface area contributed by atoms with Crippen LogP contribution < -0.4 is 0 Å². The Morgan fingerprint density at radius 1 is 1.09 bits per heavy atom. The van der Waals surface area contributed by atoms with Crippen molar-refractivity contribution in [3.63, 3.8) is 0 Å². The van der Waals surface area contributed by atoms with Crippen LogP contribution in [-0.2, 0) is 46.5 Å². The first kappa shape index (κ1) is 33.6. The van der Waals surface area contributed by atoms with Gasteiger partial charge in [0.2, 0.25) is 5.91 Å². The second kappa shape index (κ2) is 13.2. The number of Topliss-reactive ketones (excluding diaryl/α,β-unsaturated/α-hetero) is 1. The number of ether oxygens (including phenoxy) is 3. The van der Waals surface area contributed by atoms with Gasteiger partial charge in [-0.25, -0.2) is 9.18 Å². The highest BCUT2D eigenvalue weighted by atomic mass is 19.1. The summed E-state index contributed by atoms with van der Waals surface area (Å²) in [6, 6.07) is 3.71. The summed E-state index contributed by atoms with van der Waals surface area (Å²) in [5, 5.41) is 0. The largest absolute Gasteiger partial charge is 0.469 e. The van der Waals surface area contributed by atoms with Crippen LogP contribution in [0.3, 0.4) is 0 Å². The molecule has 1 aromatic carbocycles. The first-order valence-electron chi connectivity index (χ1n) is 16.2. The van der Waals surface area contributed by atoms with Crippen LogP contribution in [0, 0.1) is 28.5 Å². The highest BCUT2D eigenvalue weighted by Crippen LogP contribution is 2.57. The van der Waals surface area contributed by atoms with Crippen molar-refractivity contribution in [1.82, 2.24) is 9.80 Å². The number of amides is 2. The number of allylic oxidation sites excluding steroid dienone is 1. The first-order valence-corrected chi connectivity index (χ1v) is 16.2. The van der Waals surface area contributed by atoms with Crippen molar-refractivity contribution in [1.29, 1.82) is 0 Å². The van der Waals surface area contributed by atoms with Gasteiger partial charge in [0.15, 0.2) is 5.78 Å². The summed E-state index contributed by atoms with van der Waals surface area (Å²) >= 11 is 0. The van der Waals surface area contributed by atoms with Crippen molar-refractivity contribution in [2.75, 3.05) is 13.7 Å². The van der Waals surface area contributed by atoms with E-state index in [1.54, 1.807) is 18.2 Å². The average Bonchev–Trinajstić information content (AvgIpc) is 3.42. The molecule has 46 heavy (non-hydrogen) atoms. The van der Waals surface area contributed by atoms with E-state index in [1.165, 1.54) is 23.0 Å². The van der Waals surface area contributed by atoms with Crippen molar-refractivity contribution < 1.29 is 42.6 Å². The Balaban J connectivity index is 1.35. The number of ketones is 1. The summed E-state index contributed by atoms with van der Waals surface area (Å²) < 4.78 is 30.9. The molecular weight excluding hydrogens is 595 g/mol. The molecule has 5 rings (SSSR count). The third kappa shape index (κ3) is 6.83. The maximum atomic E-state index is 14.3. The van der Waals surface area contributed by atoms with Crippen molar-refractivity contribution in [2.45, 2.75) is 103 Å². The van der Waals surface area contributed by atoms with E-state index in [0.717, 1.165) is 25.7 Å². The molecule has 0 unspecified atom stereocenters. The number of halogens is 1. The Hall–Kier alpha value is -3.76. The number of methoxy groups -OCH3 is 1. The van der Waals surface area contributed by atoms with Gasteiger partial charge in [0.25, 0.3) is 0 Å². The molecule has 0 radical (unpaired) electrons. The number of likely N-dealkylation sites (tertiary alicyclic amines) is 1. The van der Waals surface area contributed by atoms with Crippen LogP contribution in [0.5, 0.6) is 0 Å². The smallest absolute Gasteiger partial charge is 0.410 e. The molecule has 2 amide bonds. The fourth-order valence-corrected chi connectivity index (χ4v) is 7.31. The lowest BCUT2D eigenvalue weighted by molar-refractivity contribution is -0.156. The molecule has 0 bridgehead atoms. The van der Waals surface area contributed by atoms with Gasteiger partial charge in [0.1, 0.15) is 18.0 Å². The zero-order valence-electron chi connectivity index (χ0n) is 27.2. The first-order chi connectivity index (χ1) is 21.8. The van der Waals surface area contributed by atoms with Gasteiger partial charge < -0.3 is 19.1 Å². The second-order valence-corrected chi connectivity index (χ2v) is 14.3. The lowest BCUT2D eigenvalue weighted by Gasteiger charge is -2.35. The van der Waals surface area contributed by atoms with Gasteiger partial charge in [-0.2, -0.15) is 0 Å². The third-order valence-electron chi connectivity index (χ3n) is 10.2. The number of carbonyl (C=O) groups excluding carboxylic acids is 5. The van der Waals surface area contributed by atoms with Gasteiger partial charge >= 0.3 is 18.0 Å². The maximum Gasteiger partial charge on any atom is 0.410 e. The number of hydrogen-bond donors (Lipinski definition) is 0. The average molecular weight is 641 g/mol. The molecule has 0 spiro atoms. The van der Waals surface area contributed by atoms with Crippen LogP contribution in [0.4, 0.5) is 9.18 Å². The van der Waals surface area contributed by atoms with Crippen LogP contribution in [0.2, 0.25) is 0 Å². The van der Waals surface area contributed by atoms with E-state index in [2.05, 4.69) is 6.58 Å². The summed E-state index contributed by atoms with van der Waals surface area (Å²) in [6.07, 6.45) is 3.73. The molecule has 1 aromatic rings. The molecule has 3 fully saturated rings. The zero-order chi connectivity index (χ0) is 33.4. The normalized spacial score (nSPS) is 26.3. The lowest BCUT2D eigenvalue weighted by Crippen LogP contribution is -2.48. The number of benzene rings is 1. The maximum absolute atomic E-state index is 14.3. The Morgan fingerprint density at radius 3 is 2.41 bits per heavy atom. The zero-order valence-corrected chi connectivity index (χ0v) is 27.2. The number of fused-ring (bicyclic) bond motifs is 1. The molecule has 4 aliphatic rings. The Bertz CT molecular complexity index is 1400. The third-order valence-corrected chi connectivity index (χ3v) is 10.2. The second-order valence-electron chi connectivity index (χ2n) is 14.3. The number of hydrogen-bond acceptors (Lipinski definition) is 8. The number of esters is 2. The minimum absolute atomic E-state index is 0.0326. The molecule has 2 aliphatic heterocycles. The highest BCUT2D eigenvalue weighted by molar-refractivity contribution is 5.96. The molecule has 10 nitrogen and oxygen atoms in total. The van der Waals surface area contributed by atoms with Crippen LogP contribution >= 0.6 is 0 Å². The number of carbonyl (C=O) groups is 5. The molecule has 250 valence electrons. The van der Waals surface area contributed by atoms with Crippen LogP contribution in [0.1, 0.15) is 83.3 Å². The van der Waals surface area contributed by atoms with Crippen LogP contribution in [0.15, 0.2) is 30.9 Å². The fraction of sp³-hybridized carbons (Fsp3) is 0.629. The van der Waals surface area contributed by atoms with Crippen molar-refractivity contribution in [3.05, 3.63) is 47.8 Å². The SMILES string of the molecule is C=C[C@@H]1C[C@]1(CC(=O)[C@@H]1C[C@@H](OC(=O)N2Cc3cccc(F)c3C2)CN1C(=O)[C@@H](CC(=O)OC1CCCC1)C(C)(C)C)C(=O)OC. The molecule has 2 saturated carbocycles. The summed E-state index contributed by atoms with van der Waals surface area (Å²) in [4.78, 5) is 70.1. The quantitative estimate of drug-likeness (QED) is 0.197. The van der Waals surface area contributed by atoms with Gasteiger partial charge in [-0.05, 0) is 55.1 Å². The van der Waals surface area contributed by atoms with E-state index in [0.29, 0.717) is 17.5 Å². The molecule has 2 aliphatic carbocycles. The van der Waals surface area contributed by atoms with Gasteiger partial charge in [-0.15, -0.1) is 6.58 Å². The topological polar surface area (TPSA) is 120 Å². The monoisotopic (exact) mass is 640 g/mol. The fourth-order valence-electron chi connectivity index (χ4n) is 7.31. The van der Waals surface area contributed by atoms with Gasteiger partial charge in [-0.1, -0.05) is 39.0 Å². The minimum Gasteiger partial charge on any atom is -0.469 e. The van der Waals surface area contributed by atoms with Crippen LogP contribution in [-0.4, -0.2) is 71.4 Å². The number of rotatable bonds is 10. The minimum atomic E-state index is -1.04. The Morgan fingerprint density at radius 2 is 1.80 bits per heavy atom. The molecule has 11 heteroatoms. The Labute approximate surface area is 269 Å². The number of nitrogens with zero attached hydrogens (tertiary/aromatic N) is 2. The van der Waals surface area contributed by atoms with Crippen LogP contribution in [0.25, 0.3) is 0 Å². The molecule has 1 saturated heterocycles. The molecule has 0 aromatic heterocycles. The van der Waals surface area contributed by atoms with E-state index < -0.39 is 58.6 Å². The molecule has 2 heterocycles. The van der Waals surface area contributed by atoms with E-state index in [9.17, 15) is 28.4 Å². The standard InChI is InChI=1S/C35H45FN2O8/c1-6-22-16-35(22,32(42)44-5)17-29(39)28-14-24(46-33(43)37-18-21-10-9-13-27(36)25(21)20-37)19-38(28)31(41)26(34(2,3)4)15-30(40)45-23-11-7-8-12-23/h6,9-10,13,22-24,26,28H,1,7-8,11-12,14-20H2,2-5H3/t22-,24-,26-,28+,35-/m1/s1.